The first-order valence-electron chi connectivity index (χ1n) is 7.41. The zero-order chi connectivity index (χ0) is 11.8. The predicted octanol–water partition coefficient (Wildman–Crippen LogP) is 2.80. The molecule has 0 amide bonds. The lowest BCUT2D eigenvalue weighted by Crippen LogP contribution is -2.30. The van der Waals surface area contributed by atoms with Crippen molar-refractivity contribution in [1.82, 2.24) is 4.90 Å². The van der Waals surface area contributed by atoms with Gasteiger partial charge in [0.25, 0.3) is 0 Å². The summed E-state index contributed by atoms with van der Waals surface area (Å²) in [5.74, 6) is 0. The van der Waals surface area contributed by atoms with Crippen molar-refractivity contribution in [1.29, 1.82) is 0 Å². The number of hydrogen-bond donors (Lipinski definition) is 0. The van der Waals surface area contributed by atoms with Gasteiger partial charge in [-0.25, -0.2) is 0 Å². The van der Waals surface area contributed by atoms with Crippen molar-refractivity contribution in [3.63, 3.8) is 0 Å². The van der Waals surface area contributed by atoms with Gasteiger partial charge in [-0.05, 0) is 58.2 Å². The average Bonchev–Trinajstić information content (AvgIpc) is 2.41. The van der Waals surface area contributed by atoms with Crippen molar-refractivity contribution in [3.8, 4) is 0 Å². The number of ether oxygens (including phenoxy) is 2. The first-order chi connectivity index (χ1) is 8.45. The number of unbranched alkanes of at least 4 members (excludes halogenated alkanes) is 2. The van der Waals surface area contributed by atoms with Crippen LogP contribution in [-0.2, 0) is 9.47 Å². The summed E-state index contributed by atoms with van der Waals surface area (Å²) >= 11 is 0. The predicted molar refractivity (Wildman–Crippen MR) is 69.1 cm³/mol. The Morgan fingerprint density at radius 2 is 1.59 bits per heavy atom. The third-order valence-electron chi connectivity index (χ3n) is 3.76. The van der Waals surface area contributed by atoms with Crippen LogP contribution in [0.2, 0.25) is 0 Å². The van der Waals surface area contributed by atoms with Gasteiger partial charge < -0.3 is 14.4 Å². The summed E-state index contributed by atoms with van der Waals surface area (Å²) in [6.07, 6.45) is 10.4. The Kier molecular flexibility index (Phi) is 6.32. The van der Waals surface area contributed by atoms with E-state index in [4.69, 9.17) is 9.47 Å². The van der Waals surface area contributed by atoms with Crippen LogP contribution >= 0.6 is 0 Å². The van der Waals surface area contributed by atoms with E-state index < -0.39 is 0 Å². The van der Waals surface area contributed by atoms with Crippen molar-refractivity contribution in [3.05, 3.63) is 0 Å². The van der Waals surface area contributed by atoms with Gasteiger partial charge in [0.05, 0.1) is 13.2 Å². The Bertz CT molecular complexity index is 167. The highest BCUT2D eigenvalue weighted by atomic mass is 16.7. The standard InChI is InChI=1S/C14H27NO2/c1(3-8-14-16-12-7-13-17-14)4-9-15-10-5-2-6-11-15/h14H,1-13H2. The van der Waals surface area contributed by atoms with Crippen LogP contribution in [0, 0.1) is 0 Å². The molecule has 0 radical (unpaired) electrons. The van der Waals surface area contributed by atoms with Crippen LogP contribution in [0.4, 0.5) is 0 Å². The largest absolute Gasteiger partial charge is 0.353 e. The van der Waals surface area contributed by atoms with E-state index >= 15 is 0 Å². The minimum atomic E-state index is 0.0961. The molecule has 0 unspecified atom stereocenters. The Hall–Kier alpha value is -0.120. The highest BCUT2D eigenvalue weighted by Crippen LogP contribution is 2.14. The van der Waals surface area contributed by atoms with E-state index in [1.54, 1.807) is 0 Å². The normalized spacial score (nSPS) is 24.0. The minimum absolute atomic E-state index is 0.0961. The second kappa shape index (κ2) is 8.06. The van der Waals surface area contributed by atoms with Gasteiger partial charge in [-0.1, -0.05) is 12.8 Å². The molecule has 0 aromatic rings. The summed E-state index contributed by atoms with van der Waals surface area (Å²) < 4.78 is 11.1. The van der Waals surface area contributed by atoms with Crippen LogP contribution < -0.4 is 0 Å². The lowest BCUT2D eigenvalue weighted by atomic mass is 10.1. The number of piperidine rings is 1. The highest BCUT2D eigenvalue weighted by molar-refractivity contribution is 4.64. The van der Waals surface area contributed by atoms with E-state index in [9.17, 15) is 0 Å². The van der Waals surface area contributed by atoms with E-state index in [0.717, 1.165) is 26.1 Å². The molecule has 3 heteroatoms. The quantitative estimate of drug-likeness (QED) is 0.667. The molecule has 0 bridgehead atoms. The Balaban J connectivity index is 1.42. The minimum Gasteiger partial charge on any atom is -0.353 e. The van der Waals surface area contributed by atoms with E-state index in [0.29, 0.717) is 0 Å². The first kappa shape index (κ1) is 13.3. The second-order valence-electron chi connectivity index (χ2n) is 5.28. The molecule has 0 N–H and O–H groups in total. The van der Waals surface area contributed by atoms with Gasteiger partial charge in [0.1, 0.15) is 0 Å². The molecule has 2 rings (SSSR count). The smallest absolute Gasteiger partial charge is 0.157 e. The van der Waals surface area contributed by atoms with E-state index in [1.165, 1.54) is 58.2 Å². The molecule has 0 aromatic heterocycles. The topological polar surface area (TPSA) is 21.7 Å². The molecule has 2 heterocycles. The summed E-state index contributed by atoms with van der Waals surface area (Å²) in [7, 11) is 0. The third kappa shape index (κ3) is 5.36. The van der Waals surface area contributed by atoms with Crippen molar-refractivity contribution in [2.24, 2.45) is 0 Å². The Morgan fingerprint density at radius 1 is 0.824 bits per heavy atom. The summed E-state index contributed by atoms with van der Waals surface area (Å²) in [5.41, 5.74) is 0. The molecule has 2 aliphatic heterocycles. The van der Waals surface area contributed by atoms with Gasteiger partial charge in [-0.2, -0.15) is 0 Å². The molecule has 0 saturated carbocycles. The Labute approximate surface area is 105 Å². The number of nitrogens with zero attached hydrogens (tertiary/aromatic N) is 1. The van der Waals surface area contributed by atoms with Gasteiger partial charge in [-0.3, -0.25) is 0 Å². The number of likely N-dealkylation sites (tertiary alicyclic amines) is 1. The van der Waals surface area contributed by atoms with Crippen molar-refractivity contribution < 1.29 is 9.47 Å². The van der Waals surface area contributed by atoms with Crippen molar-refractivity contribution in [2.75, 3.05) is 32.8 Å². The van der Waals surface area contributed by atoms with Gasteiger partial charge >= 0.3 is 0 Å². The van der Waals surface area contributed by atoms with E-state index in [-0.39, 0.29) is 6.29 Å². The molecule has 2 saturated heterocycles. The second-order valence-corrected chi connectivity index (χ2v) is 5.28. The fourth-order valence-electron chi connectivity index (χ4n) is 2.71. The zero-order valence-electron chi connectivity index (χ0n) is 11.0. The molecule has 0 spiro atoms. The highest BCUT2D eigenvalue weighted by Gasteiger charge is 2.13. The van der Waals surface area contributed by atoms with Gasteiger partial charge in [0.15, 0.2) is 6.29 Å². The van der Waals surface area contributed by atoms with E-state index in [2.05, 4.69) is 4.90 Å². The fraction of sp³-hybridized carbons (Fsp3) is 1.00. The van der Waals surface area contributed by atoms with Crippen molar-refractivity contribution >= 4 is 0 Å². The maximum Gasteiger partial charge on any atom is 0.157 e. The van der Waals surface area contributed by atoms with E-state index in [1.807, 2.05) is 0 Å². The molecular formula is C14H27NO2. The van der Waals surface area contributed by atoms with Gasteiger partial charge in [0.2, 0.25) is 0 Å². The molecular weight excluding hydrogens is 214 g/mol. The van der Waals surface area contributed by atoms with Crippen molar-refractivity contribution in [2.45, 2.75) is 57.7 Å². The Morgan fingerprint density at radius 3 is 2.35 bits per heavy atom. The molecule has 0 aromatic carbocycles. The van der Waals surface area contributed by atoms with Crippen LogP contribution in [0.15, 0.2) is 0 Å². The summed E-state index contributed by atoms with van der Waals surface area (Å²) in [5, 5.41) is 0. The SMILES string of the molecule is C(CCC1OCCCO1)CCN1CCCCC1. The molecule has 2 fully saturated rings. The van der Waals surface area contributed by atoms with Crippen LogP contribution in [0.3, 0.4) is 0 Å². The van der Waals surface area contributed by atoms with Crippen LogP contribution in [0.1, 0.15) is 51.4 Å². The fourth-order valence-corrected chi connectivity index (χ4v) is 2.71. The lowest BCUT2D eigenvalue weighted by molar-refractivity contribution is -0.181. The van der Waals surface area contributed by atoms with Gasteiger partial charge in [-0.15, -0.1) is 0 Å². The molecule has 3 nitrogen and oxygen atoms in total. The first-order valence-corrected chi connectivity index (χ1v) is 7.41. The third-order valence-corrected chi connectivity index (χ3v) is 3.76. The average molecular weight is 241 g/mol. The molecule has 0 aliphatic carbocycles. The monoisotopic (exact) mass is 241 g/mol. The molecule has 17 heavy (non-hydrogen) atoms. The summed E-state index contributed by atoms with van der Waals surface area (Å²) in [6.45, 7) is 5.73. The molecule has 100 valence electrons. The van der Waals surface area contributed by atoms with Gasteiger partial charge in [0, 0.05) is 0 Å². The molecule has 0 atom stereocenters. The van der Waals surface area contributed by atoms with Crippen LogP contribution in [0.25, 0.3) is 0 Å². The number of rotatable bonds is 6. The lowest BCUT2D eigenvalue weighted by Gasteiger charge is -2.26. The summed E-state index contributed by atoms with van der Waals surface area (Å²) in [6, 6.07) is 0. The maximum absolute atomic E-state index is 5.54. The summed E-state index contributed by atoms with van der Waals surface area (Å²) in [4.78, 5) is 2.62. The zero-order valence-corrected chi connectivity index (χ0v) is 11.0. The molecule has 2 aliphatic rings. The number of hydrogen-bond acceptors (Lipinski definition) is 3. The van der Waals surface area contributed by atoms with Crippen LogP contribution in [-0.4, -0.2) is 44.0 Å². The maximum atomic E-state index is 5.54. The van der Waals surface area contributed by atoms with Crippen LogP contribution in [0.5, 0.6) is 0 Å².